The van der Waals surface area contributed by atoms with Crippen LogP contribution in [0.1, 0.15) is 46.0 Å². The van der Waals surface area contributed by atoms with Gasteiger partial charge in [0, 0.05) is 5.54 Å². The number of esters is 1. The van der Waals surface area contributed by atoms with Gasteiger partial charge in [0.15, 0.2) is 0 Å². The molecule has 0 unspecified atom stereocenters. The number of hydrogen-bond donors (Lipinski definition) is 1. The van der Waals surface area contributed by atoms with E-state index in [2.05, 4.69) is 0 Å². The maximum absolute atomic E-state index is 11.2. The number of nitrogens with two attached hydrogens (primary N) is 1. The average Bonchev–Trinajstić information content (AvgIpc) is 1.90. The van der Waals surface area contributed by atoms with Gasteiger partial charge in [-0.05, 0) is 26.2 Å². The minimum atomic E-state index is -0.451. The zero-order valence-electron chi connectivity index (χ0n) is 9.21. The van der Waals surface area contributed by atoms with E-state index in [0.717, 1.165) is 12.3 Å². The lowest BCUT2D eigenvalue weighted by molar-refractivity contribution is -0.145. The molecule has 0 spiro atoms. The lowest BCUT2D eigenvalue weighted by Gasteiger charge is -2.25. The molecule has 1 fully saturated rings. The molecule has 0 radical (unpaired) electrons. The van der Waals surface area contributed by atoms with Gasteiger partial charge in [0.05, 0.1) is 13.0 Å². The molecule has 1 aliphatic carbocycles. The second-order valence-corrected chi connectivity index (χ2v) is 4.97. The molecule has 0 aromatic rings. The highest BCUT2D eigenvalue weighted by Gasteiger charge is 2.20. The predicted octanol–water partition coefficient (Wildman–Crippen LogP) is 1.85. The summed E-state index contributed by atoms with van der Waals surface area (Å²) in [7, 11) is 0. The summed E-state index contributed by atoms with van der Waals surface area (Å²) in [6.07, 6.45) is 5.28. The third kappa shape index (κ3) is 4.61. The zero-order chi connectivity index (χ0) is 10.6. The van der Waals surface area contributed by atoms with Gasteiger partial charge in [-0.15, -0.1) is 0 Å². The molecule has 0 amide bonds. The molecule has 0 heterocycles. The summed E-state index contributed by atoms with van der Waals surface area (Å²) in [6, 6.07) is 0. The molecule has 0 aromatic carbocycles. The van der Waals surface area contributed by atoms with Crippen LogP contribution >= 0.6 is 0 Å². The Balaban J connectivity index is 2.02. The van der Waals surface area contributed by atoms with Gasteiger partial charge in [-0.25, -0.2) is 0 Å². The van der Waals surface area contributed by atoms with Crippen molar-refractivity contribution < 1.29 is 9.53 Å². The Bertz CT molecular complexity index is 192. The van der Waals surface area contributed by atoms with Gasteiger partial charge in [-0.1, -0.05) is 19.3 Å². The molecule has 2 N–H and O–H groups in total. The van der Waals surface area contributed by atoms with E-state index in [-0.39, 0.29) is 5.97 Å². The Labute approximate surface area is 86.0 Å². The largest absolute Gasteiger partial charge is 0.466 e. The van der Waals surface area contributed by atoms with Gasteiger partial charge in [0.1, 0.15) is 0 Å². The van der Waals surface area contributed by atoms with E-state index >= 15 is 0 Å². The molecular weight excluding hydrogens is 178 g/mol. The van der Waals surface area contributed by atoms with E-state index in [1.54, 1.807) is 0 Å². The van der Waals surface area contributed by atoms with Crippen LogP contribution in [-0.2, 0) is 9.53 Å². The predicted molar refractivity (Wildman–Crippen MR) is 55.8 cm³/mol. The number of rotatable bonds is 5. The van der Waals surface area contributed by atoms with E-state index in [9.17, 15) is 4.79 Å². The number of carbonyl (C=O) groups excluding carboxylic acids is 1. The zero-order valence-corrected chi connectivity index (χ0v) is 9.21. The summed E-state index contributed by atoms with van der Waals surface area (Å²) in [5, 5.41) is 0. The molecule has 0 saturated heterocycles. The van der Waals surface area contributed by atoms with E-state index in [0.29, 0.717) is 13.0 Å². The van der Waals surface area contributed by atoms with E-state index < -0.39 is 5.54 Å². The van der Waals surface area contributed by atoms with Crippen molar-refractivity contribution in [2.75, 3.05) is 6.61 Å². The summed E-state index contributed by atoms with van der Waals surface area (Å²) >= 11 is 0. The van der Waals surface area contributed by atoms with Crippen molar-refractivity contribution in [1.29, 1.82) is 0 Å². The lowest BCUT2D eigenvalue weighted by atomic mass is 9.83. The summed E-state index contributed by atoms with van der Waals surface area (Å²) in [5.74, 6) is 0.630. The molecular formula is C11H21NO2. The first-order valence-corrected chi connectivity index (χ1v) is 5.42. The average molecular weight is 199 g/mol. The monoisotopic (exact) mass is 199 g/mol. The molecule has 3 nitrogen and oxygen atoms in total. The second-order valence-electron chi connectivity index (χ2n) is 4.97. The molecule has 1 rings (SSSR count). The highest BCUT2D eigenvalue weighted by atomic mass is 16.5. The minimum Gasteiger partial charge on any atom is -0.466 e. The van der Waals surface area contributed by atoms with Crippen molar-refractivity contribution in [2.24, 2.45) is 11.7 Å². The standard InChI is InChI=1S/C11H21NO2/c1-11(2,12)8-10(13)14-7-6-9-4-3-5-9/h9H,3-8,12H2,1-2H3. The topological polar surface area (TPSA) is 52.3 Å². The fraction of sp³-hybridized carbons (Fsp3) is 0.909. The van der Waals surface area contributed by atoms with Crippen molar-refractivity contribution in [1.82, 2.24) is 0 Å². The fourth-order valence-electron chi connectivity index (χ4n) is 1.54. The van der Waals surface area contributed by atoms with Crippen LogP contribution in [0.3, 0.4) is 0 Å². The summed E-state index contributed by atoms with van der Waals surface area (Å²) in [5.41, 5.74) is 5.25. The molecule has 0 aromatic heterocycles. The Kier molecular flexibility index (Phi) is 3.93. The first-order valence-electron chi connectivity index (χ1n) is 5.42. The Morgan fingerprint density at radius 2 is 2.14 bits per heavy atom. The molecule has 0 bridgehead atoms. The quantitative estimate of drug-likeness (QED) is 0.687. The van der Waals surface area contributed by atoms with Gasteiger partial charge in [0.2, 0.25) is 0 Å². The van der Waals surface area contributed by atoms with Crippen LogP contribution in [0, 0.1) is 5.92 Å². The van der Waals surface area contributed by atoms with Crippen LogP contribution in [0.5, 0.6) is 0 Å². The third-order valence-corrected chi connectivity index (χ3v) is 2.61. The third-order valence-electron chi connectivity index (χ3n) is 2.61. The molecule has 0 atom stereocenters. The van der Waals surface area contributed by atoms with Crippen molar-refractivity contribution in [3.05, 3.63) is 0 Å². The van der Waals surface area contributed by atoms with Gasteiger partial charge in [-0.2, -0.15) is 0 Å². The highest BCUT2D eigenvalue weighted by Crippen LogP contribution is 2.29. The molecule has 3 heteroatoms. The van der Waals surface area contributed by atoms with Crippen LogP contribution in [0.4, 0.5) is 0 Å². The smallest absolute Gasteiger partial charge is 0.307 e. The molecule has 1 aliphatic rings. The van der Waals surface area contributed by atoms with Crippen molar-refractivity contribution >= 4 is 5.97 Å². The number of carbonyl (C=O) groups is 1. The van der Waals surface area contributed by atoms with Gasteiger partial charge in [-0.3, -0.25) is 4.79 Å². The van der Waals surface area contributed by atoms with Crippen LogP contribution in [-0.4, -0.2) is 18.1 Å². The van der Waals surface area contributed by atoms with Crippen molar-refractivity contribution in [2.45, 2.75) is 51.5 Å². The Morgan fingerprint density at radius 1 is 1.50 bits per heavy atom. The highest BCUT2D eigenvalue weighted by molar-refractivity contribution is 5.70. The first-order chi connectivity index (χ1) is 6.47. The SMILES string of the molecule is CC(C)(N)CC(=O)OCCC1CCC1. The summed E-state index contributed by atoms with van der Waals surface area (Å²) in [4.78, 5) is 11.2. The fourth-order valence-corrected chi connectivity index (χ4v) is 1.54. The first kappa shape index (κ1) is 11.5. The number of ether oxygens (including phenoxy) is 1. The summed E-state index contributed by atoms with van der Waals surface area (Å²) < 4.78 is 5.11. The van der Waals surface area contributed by atoms with Crippen LogP contribution in [0.25, 0.3) is 0 Å². The molecule has 14 heavy (non-hydrogen) atoms. The van der Waals surface area contributed by atoms with Crippen molar-refractivity contribution in [3.8, 4) is 0 Å². The van der Waals surface area contributed by atoms with E-state index in [4.69, 9.17) is 10.5 Å². The second kappa shape index (κ2) is 4.78. The maximum atomic E-state index is 11.2. The van der Waals surface area contributed by atoms with Crippen LogP contribution in [0.15, 0.2) is 0 Å². The maximum Gasteiger partial charge on any atom is 0.307 e. The molecule has 82 valence electrons. The van der Waals surface area contributed by atoms with Gasteiger partial charge in [0.25, 0.3) is 0 Å². The van der Waals surface area contributed by atoms with Crippen LogP contribution in [0.2, 0.25) is 0 Å². The molecule has 0 aliphatic heterocycles. The lowest BCUT2D eigenvalue weighted by Crippen LogP contribution is -2.35. The van der Waals surface area contributed by atoms with Crippen molar-refractivity contribution in [3.63, 3.8) is 0 Å². The minimum absolute atomic E-state index is 0.170. The van der Waals surface area contributed by atoms with Gasteiger partial charge < -0.3 is 10.5 Å². The summed E-state index contributed by atoms with van der Waals surface area (Å²) in [6.45, 7) is 4.24. The normalized spacial score (nSPS) is 17.6. The number of hydrogen-bond acceptors (Lipinski definition) is 3. The molecule has 1 saturated carbocycles. The van der Waals surface area contributed by atoms with E-state index in [1.807, 2.05) is 13.8 Å². The van der Waals surface area contributed by atoms with Gasteiger partial charge >= 0.3 is 5.97 Å². The Morgan fingerprint density at radius 3 is 2.57 bits per heavy atom. The van der Waals surface area contributed by atoms with E-state index in [1.165, 1.54) is 19.3 Å². The Hall–Kier alpha value is -0.570. The van der Waals surface area contributed by atoms with Crippen LogP contribution < -0.4 is 5.73 Å².